The molecular weight excluding hydrogens is 204 g/mol. The zero-order chi connectivity index (χ0) is 10.7. The second-order valence-corrected chi connectivity index (χ2v) is 3.61. The summed E-state index contributed by atoms with van der Waals surface area (Å²) in [6.45, 7) is 1.61. The third-order valence-corrected chi connectivity index (χ3v) is 2.70. The highest BCUT2D eigenvalue weighted by atomic mass is 32.2. The highest BCUT2D eigenvalue weighted by Gasteiger charge is 2.13. The molecule has 1 unspecified atom stereocenters. The van der Waals surface area contributed by atoms with E-state index in [0.717, 1.165) is 0 Å². The van der Waals surface area contributed by atoms with Crippen molar-refractivity contribution in [3.05, 3.63) is 29.3 Å². The molecular formula is C9H10O4S. The predicted molar refractivity (Wildman–Crippen MR) is 51.6 cm³/mol. The van der Waals surface area contributed by atoms with Gasteiger partial charge in [-0.05, 0) is 24.6 Å². The van der Waals surface area contributed by atoms with Crippen molar-refractivity contribution < 1.29 is 18.3 Å². The molecule has 0 aliphatic heterocycles. The molecule has 0 saturated heterocycles. The first kappa shape index (κ1) is 10.9. The Bertz CT molecular complexity index is 386. The number of esters is 1. The Labute approximate surface area is 84.2 Å². The molecule has 1 aromatic rings. The van der Waals surface area contributed by atoms with Crippen molar-refractivity contribution in [2.24, 2.45) is 0 Å². The number of hydrogen-bond donors (Lipinski definition) is 1. The number of methoxy groups -OCH3 is 1. The minimum atomic E-state index is -2.08. The third kappa shape index (κ3) is 2.00. The first-order valence-corrected chi connectivity index (χ1v) is 4.97. The minimum Gasteiger partial charge on any atom is -0.465 e. The van der Waals surface area contributed by atoms with Gasteiger partial charge in [0.1, 0.15) is 0 Å². The van der Waals surface area contributed by atoms with Crippen LogP contribution in [0.25, 0.3) is 0 Å². The largest absolute Gasteiger partial charge is 0.465 e. The van der Waals surface area contributed by atoms with Gasteiger partial charge in [-0.25, -0.2) is 9.00 Å². The summed E-state index contributed by atoms with van der Waals surface area (Å²) in [5, 5.41) is 0. The summed E-state index contributed by atoms with van der Waals surface area (Å²) in [5.74, 6) is -0.505. The van der Waals surface area contributed by atoms with Crippen molar-refractivity contribution in [1.82, 2.24) is 0 Å². The Morgan fingerprint density at radius 3 is 2.64 bits per heavy atom. The van der Waals surface area contributed by atoms with Gasteiger partial charge in [0, 0.05) is 0 Å². The van der Waals surface area contributed by atoms with Crippen molar-refractivity contribution >= 4 is 17.0 Å². The molecule has 4 nitrogen and oxygen atoms in total. The summed E-state index contributed by atoms with van der Waals surface area (Å²) in [7, 11) is 1.27. The first-order valence-electron chi connectivity index (χ1n) is 3.86. The van der Waals surface area contributed by atoms with E-state index in [9.17, 15) is 9.00 Å². The molecule has 1 atom stereocenters. The molecule has 1 N–H and O–H groups in total. The summed E-state index contributed by atoms with van der Waals surface area (Å²) < 4.78 is 24.3. The zero-order valence-electron chi connectivity index (χ0n) is 7.81. The lowest BCUT2D eigenvalue weighted by molar-refractivity contribution is 0.0599. The highest BCUT2D eigenvalue weighted by molar-refractivity contribution is 7.79. The molecule has 5 heteroatoms. The van der Waals surface area contributed by atoms with Crippen LogP contribution in [-0.4, -0.2) is 21.8 Å². The molecule has 0 fully saturated rings. The normalized spacial score (nSPS) is 12.2. The Morgan fingerprint density at radius 1 is 1.50 bits per heavy atom. The van der Waals surface area contributed by atoms with Gasteiger partial charge in [-0.1, -0.05) is 6.07 Å². The van der Waals surface area contributed by atoms with Gasteiger partial charge < -0.3 is 9.29 Å². The molecule has 0 aliphatic rings. The Morgan fingerprint density at radius 2 is 2.14 bits per heavy atom. The lowest BCUT2D eigenvalue weighted by atomic mass is 10.1. The number of hydrogen-bond acceptors (Lipinski definition) is 3. The zero-order valence-corrected chi connectivity index (χ0v) is 8.63. The standard InChI is InChI=1S/C9H10O4S/c1-6-7(9(10)13-2)4-3-5-8(6)14(11)12/h3-5H,1-2H3,(H,11,12). The van der Waals surface area contributed by atoms with Crippen LogP contribution in [-0.2, 0) is 15.8 Å². The molecule has 0 heterocycles. The van der Waals surface area contributed by atoms with E-state index in [0.29, 0.717) is 11.1 Å². The molecule has 14 heavy (non-hydrogen) atoms. The number of carbonyl (C=O) groups excluding carboxylic acids is 1. The SMILES string of the molecule is COC(=O)c1cccc(S(=O)O)c1C. The fourth-order valence-corrected chi connectivity index (χ4v) is 1.70. The smallest absolute Gasteiger partial charge is 0.338 e. The van der Waals surface area contributed by atoms with E-state index in [1.165, 1.54) is 13.2 Å². The van der Waals surface area contributed by atoms with Crippen LogP contribution in [0.4, 0.5) is 0 Å². The van der Waals surface area contributed by atoms with E-state index in [1.54, 1.807) is 19.1 Å². The molecule has 0 amide bonds. The van der Waals surface area contributed by atoms with Gasteiger partial charge in [0.25, 0.3) is 0 Å². The number of rotatable bonds is 2. The van der Waals surface area contributed by atoms with Crippen LogP contribution in [0.3, 0.4) is 0 Å². The average Bonchev–Trinajstić information content (AvgIpc) is 2.16. The van der Waals surface area contributed by atoms with Gasteiger partial charge in [-0.3, -0.25) is 0 Å². The van der Waals surface area contributed by atoms with Crippen LogP contribution in [0.1, 0.15) is 15.9 Å². The lowest BCUT2D eigenvalue weighted by Gasteiger charge is -2.06. The number of ether oxygens (including phenoxy) is 1. The molecule has 0 saturated carbocycles. The van der Waals surface area contributed by atoms with Crippen molar-refractivity contribution in [2.75, 3.05) is 7.11 Å². The fourth-order valence-electron chi connectivity index (χ4n) is 1.13. The van der Waals surface area contributed by atoms with Crippen LogP contribution < -0.4 is 0 Å². The summed E-state index contributed by atoms with van der Waals surface area (Å²) in [5.41, 5.74) is 0.785. The fraction of sp³-hybridized carbons (Fsp3) is 0.222. The van der Waals surface area contributed by atoms with E-state index in [1.807, 2.05) is 0 Å². The molecule has 1 rings (SSSR count). The van der Waals surface area contributed by atoms with Crippen molar-refractivity contribution in [2.45, 2.75) is 11.8 Å². The van der Waals surface area contributed by atoms with E-state index >= 15 is 0 Å². The van der Waals surface area contributed by atoms with E-state index in [-0.39, 0.29) is 4.90 Å². The van der Waals surface area contributed by atoms with Crippen LogP contribution >= 0.6 is 0 Å². The molecule has 0 radical (unpaired) electrons. The second kappa shape index (κ2) is 4.34. The van der Waals surface area contributed by atoms with E-state index < -0.39 is 17.0 Å². The lowest BCUT2D eigenvalue weighted by Crippen LogP contribution is -2.06. The van der Waals surface area contributed by atoms with Crippen molar-refractivity contribution in [1.29, 1.82) is 0 Å². The first-order chi connectivity index (χ1) is 6.57. The average molecular weight is 214 g/mol. The quantitative estimate of drug-likeness (QED) is 0.596. The maximum absolute atomic E-state index is 11.2. The monoisotopic (exact) mass is 214 g/mol. The maximum atomic E-state index is 11.2. The topological polar surface area (TPSA) is 63.6 Å². The minimum absolute atomic E-state index is 0.230. The molecule has 76 valence electrons. The third-order valence-electron chi connectivity index (χ3n) is 1.88. The highest BCUT2D eigenvalue weighted by Crippen LogP contribution is 2.17. The summed E-state index contributed by atoms with van der Waals surface area (Å²) >= 11 is -2.08. The van der Waals surface area contributed by atoms with Gasteiger partial charge in [-0.2, -0.15) is 0 Å². The van der Waals surface area contributed by atoms with E-state index in [2.05, 4.69) is 4.74 Å². The van der Waals surface area contributed by atoms with Gasteiger partial charge in [0.05, 0.1) is 17.6 Å². The molecule has 0 aromatic heterocycles. The molecule has 0 spiro atoms. The summed E-state index contributed by atoms with van der Waals surface area (Å²) in [6.07, 6.45) is 0. The number of carbonyl (C=O) groups is 1. The Balaban J connectivity index is 3.27. The van der Waals surface area contributed by atoms with Crippen molar-refractivity contribution in [3.63, 3.8) is 0 Å². The van der Waals surface area contributed by atoms with Crippen LogP contribution in [0.2, 0.25) is 0 Å². The summed E-state index contributed by atoms with van der Waals surface area (Å²) in [4.78, 5) is 11.4. The van der Waals surface area contributed by atoms with Gasteiger partial charge in [0.15, 0.2) is 11.1 Å². The second-order valence-electron chi connectivity index (χ2n) is 2.67. The van der Waals surface area contributed by atoms with Crippen LogP contribution in [0, 0.1) is 6.92 Å². The van der Waals surface area contributed by atoms with Gasteiger partial charge in [0.2, 0.25) is 0 Å². The van der Waals surface area contributed by atoms with Gasteiger partial charge >= 0.3 is 5.97 Å². The molecule has 0 aliphatic carbocycles. The molecule has 1 aromatic carbocycles. The molecule has 0 bridgehead atoms. The summed E-state index contributed by atoms with van der Waals surface area (Å²) in [6, 6.07) is 4.60. The predicted octanol–water partition coefficient (Wildman–Crippen LogP) is 1.36. The van der Waals surface area contributed by atoms with Crippen LogP contribution in [0.15, 0.2) is 23.1 Å². The van der Waals surface area contributed by atoms with Crippen LogP contribution in [0.5, 0.6) is 0 Å². The van der Waals surface area contributed by atoms with Gasteiger partial charge in [-0.15, -0.1) is 0 Å². The maximum Gasteiger partial charge on any atom is 0.338 e. The van der Waals surface area contributed by atoms with E-state index in [4.69, 9.17) is 4.55 Å². The number of benzene rings is 1. The Kier molecular flexibility index (Phi) is 3.38. The Hall–Kier alpha value is -1.20. The van der Waals surface area contributed by atoms with Crippen molar-refractivity contribution in [3.8, 4) is 0 Å².